The van der Waals surface area contributed by atoms with Crippen LogP contribution in [0.25, 0.3) is 0 Å². The Bertz CT molecular complexity index is 1290. The van der Waals surface area contributed by atoms with Crippen LogP contribution in [0.1, 0.15) is 56.3 Å². The van der Waals surface area contributed by atoms with Crippen LogP contribution in [0.3, 0.4) is 0 Å². The minimum atomic E-state index is -1.48. The van der Waals surface area contributed by atoms with E-state index < -0.39 is 34.3 Å². The van der Waals surface area contributed by atoms with Gasteiger partial charge in [-0.05, 0) is 44.4 Å². The van der Waals surface area contributed by atoms with Crippen molar-refractivity contribution in [3.8, 4) is 0 Å². The van der Waals surface area contributed by atoms with E-state index in [1.807, 2.05) is 0 Å². The molecule has 6 unspecified atom stereocenters. The number of methoxy groups -OCH3 is 3. The summed E-state index contributed by atoms with van der Waals surface area (Å²) in [6.07, 6.45) is 1.91. The van der Waals surface area contributed by atoms with Gasteiger partial charge >= 0.3 is 5.97 Å². The first kappa shape index (κ1) is 28.7. The van der Waals surface area contributed by atoms with Crippen molar-refractivity contribution in [1.82, 2.24) is 4.90 Å². The van der Waals surface area contributed by atoms with E-state index in [2.05, 4.69) is 17.1 Å². The zero-order valence-corrected chi connectivity index (χ0v) is 25.2. The third-order valence-corrected chi connectivity index (χ3v) is 12.6. The summed E-state index contributed by atoms with van der Waals surface area (Å²) in [5.41, 5.74) is -3.57. The van der Waals surface area contributed by atoms with E-state index in [1.54, 1.807) is 45.6 Å². The summed E-state index contributed by atoms with van der Waals surface area (Å²) in [4.78, 5) is 28.3. The maximum atomic E-state index is 14.0. The van der Waals surface area contributed by atoms with Crippen molar-refractivity contribution >= 4 is 17.6 Å². The second-order valence-corrected chi connectivity index (χ2v) is 13.7. The van der Waals surface area contributed by atoms with Gasteiger partial charge in [0.05, 0.1) is 29.6 Å². The summed E-state index contributed by atoms with van der Waals surface area (Å²) in [7, 11) is 5.05. The number of nitrogens with zero attached hydrogens (tertiary/aromatic N) is 1. The molecule has 10 nitrogen and oxygen atoms in total. The second-order valence-electron chi connectivity index (χ2n) is 13.7. The number of carbonyl (C=O) groups is 2. The maximum Gasteiger partial charge on any atom is 0.340 e. The van der Waals surface area contributed by atoms with E-state index in [0.717, 1.165) is 0 Å². The van der Waals surface area contributed by atoms with Gasteiger partial charge in [0.1, 0.15) is 16.8 Å². The molecule has 1 amide bonds. The van der Waals surface area contributed by atoms with Crippen molar-refractivity contribution < 1.29 is 38.7 Å². The number of likely N-dealkylation sites (tertiary alicyclic amines) is 1. The van der Waals surface area contributed by atoms with E-state index in [-0.39, 0.29) is 47.8 Å². The minimum Gasteiger partial charge on any atom is -0.454 e. The van der Waals surface area contributed by atoms with Crippen LogP contribution in [0, 0.1) is 29.1 Å². The molecule has 0 aromatic heterocycles. The number of hydrogen-bond donors (Lipinski definition) is 3. The fourth-order valence-electron chi connectivity index (χ4n) is 11.6. The summed E-state index contributed by atoms with van der Waals surface area (Å²) < 4.78 is 25.1. The number of para-hydroxylation sites is 1. The molecular weight excluding hydrogens is 540 g/mol. The van der Waals surface area contributed by atoms with Crippen molar-refractivity contribution in [2.75, 3.05) is 39.7 Å². The van der Waals surface area contributed by atoms with Gasteiger partial charge in [0.25, 0.3) is 0 Å². The van der Waals surface area contributed by atoms with Gasteiger partial charge in [-0.2, -0.15) is 0 Å². The number of anilines is 1. The molecule has 1 saturated heterocycles. The van der Waals surface area contributed by atoms with Gasteiger partial charge in [-0.1, -0.05) is 19.1 Å². The molecule has 6 aliphatic rings. The van der Waals surface area contributed by atoms with Crippen LogP contribution >= 0.6 is 0 Å². The van der Waals surface area contributed by atoms with Crippen LogP contribution in [-0.4, -0.2) is 103 Å². The number of rotatable bonds is 7. The van der Waals surface area contributed by atoms with Gasteiger partial charge in [0.2, 0.25) is 5.91 Å². The molecule has 3 N–H and O–H groups in total. The standard InChI is InChI=1S/C32H44N2O8/c1-6-34-16-29(42-28(36)18-9-7-8-10-21(18)33-17(2)35)12-11-25(40-4)31-23(29)14-20(26(31)34)30(37)15-22(39-3)19-13-24(31)32(30,38)27(19)41-5/h7-10,19-20,22-27,37-38H,6,11-16H2,1-5H3,(H,33,35)/t19-,20?,22+,23-,24?,25?,26?,27?,29-,30+,31?,32+/m1/s1. The monoisotopic (exact) mass is 584 g/mol. The van der Waals surface area contributed by atoms with Gasteiger partial charge < -0.3 is 34.5 Å². The van der Waals surface area contributed by atoms with Crippen LogP contribution in [0.4, 0.5) is 5.69 Å². The smallest absolute Gasteiger partial charge is 0.340 e. The van der Waals surface area contributed by atoms with E-state index in [4.69, 9.17) is 18.9 Å². The zero-order valence-electron chi connectivity index (χ0n) is 25.2. The number of aliphatic hydroxyl groups is 2. The van der Waals surface area contributed by atoms with E-state index in [1.165, 1.54) is 6.92 Å². The van der Waals surface area contributed by atoms with Crippen molar-refractivity contribution in [2.45, 2.75) is 87.1 Å². The molecule has 6 fully saturated rings. The van der Waals surface area contributed by atoms with Crippen LogP contribution in [0.2, 0.25) is 0 Å². The van der Waals surface area contributed by atoms with Crippen molar-refractivity contribution in [3.05, 3.63) is 29.8 Å². The fourth-order valence-corrected chi connectivity index (χ4v) is 11.6. The van der Waals surface area contributed by atoms with E-state index in [0.29, 0.717) is 56.4 Å². The second kappa shape index (κ2) is 9.46. The highest BCUT2D eigenvalue weighted by Crippen LogP contribution is 2.79. The molecule has 1 spiro atoms. The lowest BCUT2D eigenvalue weighted by atomic mass is 9.44. The van der Waals surface area contributed by atoms with Gasteiger partial charge in [0.15, 0.2) is 0 Å². The van der Waals surface area contributed by atoms with Crippen LogP contribution in [0.5, 0.6) is 0 Å². The SMILES string of the molecule is CCN1C[C@]2(OC(=O)c3ccccc3NC(C)=O)CCC(OC)C34C1C(C[C@@H]32)[C@@]1(O)C[C@H](OC)[C@H]2CC4[C@]1(O)C2OC. The molecule has 7 rings (SSSR count). The molecule has 5 saturated carbocycles. The molecule has 5 aliphatic carbocycles. The number of piperidine rings is 1. The third-order valence-electron chi connectivity index (χ3n) is 12.6. The Morgan fingerprint density at radius 2 is 1.83 bits per heavy atom. The Hall–Kier alpha value is -2.08. The molecule has 10 heteroatoms. The van der Waals surface area contributed by atoms with E-state index >= 15 is 0 Å². The summed E-state index contributed by atoms with van der Waals surface area (Å²) in [5, 5.41) is 28.4. The highest BCUT2D eigenvalue weighted by molar-refractivity contribution is 6.00. The van der Waals surface area contributed by atoms with Crippen molar-refractivity contribution in [3.63, 3.8) is 0 Å². The first-order valence-corrected chi connectivity index (χ1v) is 15.4. The minimum absolute atomic E-state index is 0.0432. The predicted octanol–water partition coefficient (Wildman–Crippen LogP) is 2.22. The van der Waals surface area contributed by atoms with Crippen LogP contribution in [0.15, 0.2) is 24.3 Å². The average Bonchev–Trinajstić information content (AvgIpc) is 3.39. The Morgan fingerprint density at radius 1 is 1.07 bits per heavy atom. The molecule has 0 radical (unpaired) electrons. The predicted molar refractivity (Wildman–Crippen MR) is 152 cm³/mol. The first-order chi connectivity index (χ1) is 20.1. The molecule has 230 valence electrons. The largest absolute Gasteiger partial charge is 0.454 e. The third kappa shape index (κ3) is 3.21. The van der Waals surface area contributed by atoms with Gasteiger partial charge in [-0.25, -0.2) is 4.79 Å². The van der Waals surface area contributed by atoms with Gasteiger partial charge in [0, 0.05) is 76.3 Å². The molecule has 1 aromatic rings. The lowest BCUT2D eigenvalue weighted by molar-refractivity contribution is -0.337. The Balaban J connectivity index is 1.38. The number of hydrogen-bond acceptors (Lipinski definition) is 9. The molecule has 7 bridgehead atoms. The lowest BCUT2D eigenvalue weighted by Gasteiger charge is -2.70. The van der Waals surface area contributed by atoms with Gasteiger partial charge in [-0.15, -0.1) is 0 Å². The average molecular weight is 585 g/mol. The quantitative estimate of drug-likeness (QED) is 0.414. The summed E-state index contributed by atoms with van der Waals surface area (Å²) in [6, 6.07) is 6.89. The highest BCUT2D eigenvalue weighted by Gasteiger charge is 2.89. The van der Waals surface area contributed by atoms with Crippen molar-refractivity contribution in [2.24, 2.45) is 29.1 Å². The van der Waals surface area contributed by atoms with Crippen LogP contribution in [-0.2, 0) is 23.7 Å². The summed E-state index contributed by atoms with van der Waals surface area (Å²) in [5.74, 6) is -1.54. The number of esters is 1. The topological polar surface area (TPSA) is 127 Å². The number of amides is 1. The Labute approximate surface area is 247 Å². The number of carbonyl (C=O) groups excluding carboxylic acids is 2. The number of ether oxygens (including phenoxy) is 4. The fraction of sp³-hybridized carbons (Fsp3) is 0.750. The Morgan fingerprint density at radius 3 is 2.50 bits per heavy atom. The molecule has 1 aliphatic heterocycles. The number of fused-ring (bicyclic) bond motifs is 2. The molecular formula is C32H44N2O8. The Kier molecular flexibility index (Phi) is 6.46. The maximum absolute atomic E-state index is 14.0. The molecule has 12 atom stereocenters. The summed E-state index contributed by atoms with van der Waals surface area (Å²) >= 11 is 0. The molecule has 1 heterocycles. The normalized spacial score (nSPS) is 48.2. The number of likely N-dealkylation sites (N-methyl/N-ethyl adjacent to an activating group) is 1. The number of nitrogens with one attached hydrogen (secondary N) is 1. The zero-order chi connectivity index (χ0) is 29.8. The lowest BCUT2D eigenvalue weighted by Crippen LogP contribution is -2.83. The summed E-state index contributed by atoms with van der Waals surface area (Å²) in [6.45, 7) is 4.79. The number of benzene rings is 1. The molecule has 1 aromatic carbocycles. The highest BCUT2D eigenvalue weighted by atomic mass is 16.6. The van der Waals surface area contributed by atoms with Crippen LogP contribution < -0.4 is 5.32 Å². The van der Waals surface area contributed by atoms with E-state index in [9.17, 15) is 19.8 Å². The van der Waals surface area contributed by atoms with Crippen molar-refractivity contribution in [1.29, 1.82) is 0 Å². The van der Waals surface area contributed by atoms with Gasteiger partial charge in [-0.3, -0.25) is 9.69 Å². The first-order valence-electron chi connectivity index (χ1n) is 15.4. The molecule has 42 heavy (non-hydrogen) atoms.